The minimum Gasteiger partial charge on any atom is -0.450 e. The molecular formula is C30H40N2O14. The van der Waals surface area contributed by atoms with Crippen molar-refractivity contribution in [2.24, 2.45) is 28.6 Å². The summed E-state index contributed by atoms with van der Waals surface area (Å²) in [6.07, 6.45) is 5.12. The van der Waals surface area contributed by atoms with Gasteiger partial charge >= 0.3 is 12.1 Å². The van der Waals surface area contributed by atoms with E-state index in [-0.39, 0.29) is 88.3 Å². The van der Waals surface area contributed by atoms with Crippen LogP contribution in [0.3, 0.4) is 0 Å². The molecule has 0 amide bonds. The predicted octanol–water partition coefficient (Wildman–Crippen LogP) is 3.25. The zero-order valence-electron chi connectivity index (χ0n) is 25.9. The Morgan fingerprint density at radius 1 is 1.02 bits per heavy atom. The predicted molar refractivity (Wildman–Crippen MR) is 153 cm³/mol. The Hall–Kier alpha value is -4.08. The molecule has 254 valence electrons. The average Bonchev–Trinajstić information content (AvgIpc) is 3.27. The second-order valence-corrected chi connectivity index (χ2v) is 12.8. The van der Waals surface area contributed by atoms with Crippen LogP contribution in [0.1, 0.15) is 71.6 Å². The number of rotatable bonds is 15. The Labute approximate surface area is 264 Å². The number of carbonyl (C=O) groups is 4. The van der Waals surface area contributed by atoms with Gasteiger partial charge in [-0.05, 0) is 62.9 Å². The van der Waals surface area contributed by atoms with Crippen molar-refractivity contribution in [3.8, 4) is 0 Å². The molecule has 0 aromatic heterocycles. The number of allylic oxidation sites excluding steroid dienone is 4. The lowest BCUT2D eigenvalue weighted by Crippen LogP contribution is -2.62. The summed E-state index contributed by atoms with van der Waals surface area (Å²) in [6.45, 7) is 2.39. The lowest BCUT2D eigenvalue weighted by atomic mass is 9.47. The summed E-state index contributed by atoms with van der Waals surface area (Å²) in [7, 11) is 0. The highest BCUT2D eigenvalue weighted by Gasteiger charge is 2.70. The third-order valence-corrected chi connectivity index (χ3v) is 10.3. The van der Waals surface area contributed by atoms with Crippen LogP contribution in [0.25, 0.3) is 0 Å². The van der Waals surface area contributed by atoms with Crippen LogP contribution in [-0.2, 0) is 38.3 Å². The van der Waals surface area contributed by atoms with E-state index in [1.54, 1.807) is 13.0 Å². The van der Waals surface area contributed by atoms with Gasteiger partial charge in [-0.15, -0.1) is 20.2 Å². The van der Waals surface area contributed by atoms with Crippen molar-refractivity contribution in [2.45, 2.75) is 83.3 Å². The standard InChI is InChI=1S/C30H40N2O14/c1-28-11-9-20(33)16-19(28)7-8-21-22-10-12-30(29(22,2)17-23(34)26(21)28,46-25(36)6-5-15-45-32(40)41)24(35)18-43-27(37)42-13-3-4-14-44-31(38)39/h7,9,11,21-23,26,34H,3-6,8,10,12-18H2,1-2H3/t21?,22?,23-,26+,28-,29-,30-/m0/s1. The van der Waals surface area contributed by atoms with Crippen molar-refractivity contribution < 1.29 is 58.3 Å². The van der Waals surface area contributed by atoms with Crippen molar-refractivity contribution in [3.63, 3.8) is 0 Å². The van der Waals surface area contributed by atoms with Crippen LogP contribution in [0.4, 0.5) is 4.79 Å². The fourth-order valence-corrected chi connectivity index (χ4v) is 8.29. The number of ketones is 2. The molecule has 16 heteroatoms. The Morgan fingerprint density at radius 2 is 1.70 bits per heavy atom. The summed E-state index contributed by atoms with van der Waals surface area (Å²) < 4.78 is 16.0. The van der Waals surface area contributed by atoms with Gasteiger partial charge in [0.2, 0.25) is 5.78 Å². The van der Waals surface area contributed by atoms with Crippen LogP contribution in [-0.4, -0.2) is 77.1 Å². The highest BCUT2D eigenvalue weighted by atomic mass is 17.0. The van der Waals surface area contributed by atoms with Crippen molar-refractivity contribution in [1.82, 2.24) is 0 Å². The molecule has 0 aromatic rings. The van der Waals surface area contributed by atoms with Gasteiger partial charge in [-0.25, -0.2) is 4.79 Å². The van der Waals surface area contributed by atoms with E-state index in [4.69, 9.17) is 14.2 Å². The maximum atomic E-state index is 14.0. The Morgan fingerprint density at radius 3 is 2.39 bits per heavy atom. The summed E-state index contributed by atoms with van der Waals surface area (Å²) in [4.78, 5) is 80.7. The third-order valence-electron chi connectivity index (χ3n) is 10.3. The molecule has 0 saturated heterocycles. The molecule has 1 N–H and O–H groups in total. The quantitative estimate of drug-likeness (QED) is 0.0882. The number of hydrogen-bond donors (Lipinski definition) is 1. The summed E-state index contributed by atoms with van der Waals surface area (Å²) in [5.41, 5.74) is -2.42. The number of hydrogen-bond acceptors (Lipinski definition) is 14. The molecule has 0 spiro atoms. The van der Waals surface area contributed by atoms with E-state index >= 15 is 0 Å². The number of fused-ring (bicyclic) bond motifs is 5. The number of Topliss-reactive ketones (excluding diaryl/α,β-unsaturated/α-hetero) is 1. The first kappa shape index (κ1) is 34.8. The van der Waals surface area contributed by atoms with E-state index in [1.165, 1.54) is 0 Å². The summed E-state index contributed by atoms with van der Waals surface area (Å²) >= 11 is 0. The van der Waals surface area contributed by atoms with Crippen LogP contribution >= 0.6 is 0 Å². The number of aliphatic hydroxyl groups is 1. The smallest absolute Gasteiger partial charge is 0.450 e. The second kappa shape index (κ2) is 14.1. The second-order valence-electron chi connectivity index (χ2n) is 12.8. The molecule has 4 aliphatic rings. The lowest BCUT2D eigenvalue weighted by molar-refractivity contribution is -0.757. The number of unbranched alkanes of at least 4 members (excludes halogenated alkanes) is 1. The largest absolute Gasteiger partial charge is 0.508 e. The molecule has 0 radical (unpaired) electrons. The molecule has 2 fully saturated rings. The SMILES string of the molecule is C[C@]12C=CC(=O)CC1=CCC1C3CC[C@](OC(=O)CCCO[N+](=O)[O-])(C(=O)COC(=O)OCCCCO[N+](=O)[O-])[C@@]3(C)C[C@H](O)[C@@H]12. The molecule has 4 aliphatic carbocycles. The Kier molecular flexibility index (Phi) is 10.7. The number of ether oxygens (including phenoxy) is 3. The Bertz CT molecular complexity index is 1300. The molecule has 0 aliphatic heterocycles. The van der Waals surface area contributed by atoms with Gasteiger partial charge < -0.3 is 29.0 Å². The molecule has 2 saturated carbocycles. The van der Waals surface area contributed by atoms with Gasteiger partial charge in [0.25, 0.3) is 10.2 Å². The van der Waals surface area contributed by atoms with Gasteiger partial charge in [0, 0.05) is 29.6 Å². The molecule has 2 unspecified atom stereocenters. The normalized spacial score (nSPS) is 32.6. The van der Waals surface area contributed by atoms with Crippen LogP contribution in [0, 0.1) is 48.8 Å². The molecule has 0 heterocycles. The fraction of sp³-hybridized carbons (Fsp3) is 0.733. The third kappa shape index (κ3) is 7.00. The summed E-state index contributed by atoms with van der Waals surface area (Å²) in [5, 5.41) is 30.5. The monoisotopic (exact) mass is 652 g/mol. The first-order valence-corrected chi connectivity index (χ1v) is 15.4. The average molecular weight is 653 g/mol. The van der Waals surface area contributed by atoms with E-state index in [9.17, 15) is 44.5 Å². The highest BCUT2D eigenvalue weighted by Crippen LogP contribution is 2.67. The fourth-order valence-electron chi connectivity index (χ4n) is 8.29. The highest BCUT2D eigenvalue weighted by molar-refractivity contribution is 5.94. The first-order valence-electron chi connectivity index (χ1n) is 15.4. The van der Waals surface area contributed by atoms with Gasteiger partial charge in [-0.3, -0.25) is 14.4 Å². The molecule has 46 heavy (non-hydrogen) atoms. The van der Waals surface area contributed by atoms with Gasteiger partial charge in [-0.2, -0.15) is 0 Å². The zero-order chi connectivity index (χ0) is 33.7. The molecule has 0 bridgehead atoms. The van der Waals surface area contributed by atoms with E-state index in [0.29, 0.717) is 12.8 Å². The van der Waals surface area contributed by atoms with Crippen molar-refractivity contribution >= 4 is 23.7 Å². The van der Waals surface area contributed by atoms with Gasteiger partial charge in [0.15, 0.2) is 18.0 Å². The number of aliphatic hydroxyl groups excluding tert-OH is 1. The van der Waals surface area contributed by atoms with E-state index < -0.39 is 57.2 Å². The van der Waals surface area contributed by atoms with Crippen LogP contribution in [0.5, 0.6) is 0 Å². The van der Waals surface area contributed by atoms with Crippen molar-refractivity contribution in [3.05, 3.63) is 44.0 Å². The zero-order valence-corrected chi connectivity index (χ0v) is 25.9. The van der Waals surface area contributed by atoms with Gasteiger partial charge in [0.1, 0.15) is 0 Å². The molecule has 7 atom stereocenters. The van der Waals surface area contributed by atoms with Gasteiger partial charge in [0.05, 0.1) is 25.9 Å². The topological polar surface area (TPSA) is 221 Å². The summed E-state index contributed by atoms with van der Waals surface area (Å²) in [6, 6.07) is 0. The molecule has 4 rings (SSSR count). The number of esters is 1. The van der Waals surface area contributed by atoms with E-state index in [1.807, 2.05) is 19.1 Å². The minimum absolute atomic E-state index is 0.000645. The number of carbonyl (C=O) groups excluding carboxylic acids is 4. The maximum absolute atomic E-state index is 14.0. The van der Waals surface area contributed by atoms with E-state index in [2.05, 4.69) is 9.68 Å². The first-order chi connectivity index (χ1) is 21.7. The maximum Gasteiger partial charge on any atom is 0.508 e. The summed E-state index contributed by atoms with van der Waals surface area (Å²) in [5.74, 6) is -1.99. The minimum atomic E-state index is -1.77. The van der Waals surface area contributed by atoms with Gasteiger partial charge in [-0.1, -0.05) is 31.6 Å². The van der Waals surface area contributed by atoms with E-state index in [0.717, 1.165) is 5.57 Å². The van der Waals surface area contributed by atoms with Crippen LogP contribution in [0.2, 0.25) is 0 Å². The van der Waals surface area contributed by atoms with Crippen molar-refractivity contribution in [2.75, 3.05) is 26.4 Å². The Balaban J connectivity index is 1.51. The van der Waals surface area contributed by atoms with Crippen LogP contribution < -0.4 is 0 Å². The lowest BCUT2D eigenvalue weighted by Gasteiger charge is -2.59. The molecular weight excluding hydrogens is 612 g/mol. The number of nitrogens with zero attached hydrogens (tertiary/aromatic N) is 2. The molecule has 0 aromatic carbocycles. The molecule has 16 nitrogen and oxygen atoms in total. The van der Waals surface area contributed by atoms with Crippen molar-refractivity contribution in [1.29, 1.82) is 0 Å². The van der Waals surface area contributed by atoms with Crippen LogP contribution in [0.15, 0.2) is 23.8 Å².